The number of hydrogen-bond donors (Lipinski definition) is 1. The van der Waals surface area contributed by atoms with Gasteiger partial charge in [0.25, 0.3) is 0 Å². The lowest BCUT2D eigenvalue weighted by atomic mass is 10.1. The van der Waals surface area contributed by atoms with Gasteiger partial charge in [0.15, 0.2) is 0 Å². The molecule has 1 unspecified atom stereocenters. The molecule has 0 saturated heterocycles. The van der Waals surface area contributed by atoms with Crippen LogP contribution in [0.4, 0.5) is 0 Å². The maximum atomic E-state index is 5.84. The van der Waals surface area contributed by atoms with Crippen molar-refractivity contribution in [1.29, 1.82) is 0 Å². The molecule has 1 aromatic rings. The zero-order chi connectivity index (χ0) is 12.5. The molecule has 0 radical (unpaired) electrons. The molecule has 0 aliphatic rings. The number of nitrogens with zero attached hydrogens (tertiary/aromatic N) is 1. The zero-order valence-corrected chi connectivity index (χ0v) is 11.0. The Morgan fingerprint density at radius 1 is 1.53 bits per heavy atom. The van der Waals surface area contributed by atoms with E-state index in [1.807, 2.05) is 12.1 Å². The Kier molecular flexibility index (Phi) is 6.69. The summed E-state index contributed by atoms with van der Waals surface area (Å²) in [6, 6.07) is 4.14. The molecule has 0 aromatic carbocycles. The fourth-order valence-electron chi connectivity index (χ4n) is 1.67. The highest BCUT2D eigenvalue weighted by Crippen LogP contribution is 2.18. The van der Waals surface area contributed by atoms with Gasteiger partial charge in [-0.05, 0) is 37.9 Å². The third-order valence-electron chi connectivity index (χ3n) is 2.56. The van der Waals surface area contributed by atoms with E-state index in [0.29, 0.717) is 5.02 Å². The van der Waals surface area contributed by atoms with Gasteiger partial charge in [0.05, 0.1) is 10.7 Å². The Balaban J connectivity index is 2.61. The lowest BCUT2D eigenvalue weighted by Crippen LogP contribution is -2.23. The van der Waals surface area contributed by atoms with Crippen molar-refractivity contribution in [1.82, 2.24) is 10.3 Å². The summed E-state index contributed by atoms with van der Waals surface area (Å²) < 4.78 is 0. The van der Waals surface area contributed by atoms with Crippen molar-refractivity contribution in [2.45, 2.75) is 38.6 Å². The van der Waals surface area contributed by atoms with E-state index >= 15 is 0 Å². The van der Waals surface area contributed by atoms with Crippen LogP contribution in [0.5, 0.6) is 0 Å². The monoisotopic (exact) mass is 250 g/mol. The molecule has 2 nitrogen and oxygen atoms in total. The van der Waals surface area contributed by atoms with E-state index in [2.05, 4.69) is 23.1 Å². The third-order valence-corrected chi connectivity index (χ3v) is 2.79. The van der Waals surface area contributed by atoms with Crippen LogP contribution in [0.2, 0.25) is 5.02 Å². The number of rotatable bonds is 7. The molecular weight excluding hydrogens is 232 g/mol. The summed E-state index contributed by atoms with van der Waals surface area (Å²) in [5.41, 5.74) is 1.04. The van der Waals surface area contributed by atoms with Crippen LogP contribution in [0.3, 0.4) is 0 Å². The van der Waals surface area contributed by atoms with Crippen LogP contribution >= 0.6 is 11.6 Å². The van der Waals surface area contributed by atoms with Crippen molar-refractivity contribution in [3.63, 3.8) is 0 Å². The van der Waals surface area contributed by atoms with Crippen molar-refractivity contribution in [3.05, 3.63) is 29.0 Å². The van der Waals surface area contributed by atoms with E-state index in [0.717, 1.165) is 37.9 Å². The molecule has 0 bridgehead atoms. The maximum Gasteiger partial charge on any atom is 0.0589 e. The molecule has 0 saturated carbocycles. The molecule has 17 heavy (non-hydrogen) atoms. The number of nitrogens with one attached hydrogen (secondary N) is 1. The van der Waals surface area contributed by atoms with Crippen LogP contribution < -0.4 is 5.32 Å². The van der Waals surface area contributed by atoms with Gasteiger partial charge in [-0.1, -0.05) is 18.5 Å². The van der Waals surface area contributed by atoms with Crippen LogP contribution in [0.15, 0.2) is 18.3 Å². The third kappa shape index (κ3) is 5.21. The molecule has 0 fully saturated rings. The molecule has 0 aliphatic carbocycles. The minimum absolute atomic E-state index is 0.278. The number of pyridine rings is 1. The second kappa shape index (κ2) is 8.11. The molecule has 1 N–H and O–H groups in total. The van der Waals surface area contributed by atoms with Gasteiger partial charge in [-0.2, -0.15) is 0 Å². The van der Waals surface area contributed by atoms with E-state index in [-0.39, 0.29) is 6.04 Å². The minimum Gasteiger partial charge on any atom is -0.309 e. The molecule has 0 spiro atoms. The second-order valence-electron chi connectivity index (χ2n) is 4.00. The highest BCUT2D eigenvalue weighted by molar-refractivity contribution is 6.30. The van der Waals surface area contributed by atoms with Gasteiger partial charge in [-0.25, -0.2) is 0 Å². The number of halogens is 1. The van der Waals surface area contributed by atoms with Crippen molar-refractivity contribution in [2.24, 2.45) is 0 Å². The van der Waals surface area contributed by atoms with Gasteiger partial charge in [-0.3, -0.25) is 4.98 Å². The number of terminal acetylenes is 1. The van der Waals surface area contributed by atoms with Crippen LogP contribution in [-0.2, 0) is 0 Å². The van der Waals surface area contributed by atoms with E-state index in [1.54, 1.807) is 6.20 Å². The van der Waals surface area contributed by atoms with Gasteiger partial charge >= 0.3 is 0 Å². The van der Waals surface area contributed by atoms with Crippen molar-refractivity contribution < 1.29 is 0 Å². The molecule has 1 rings (SSSR count). The Labute approximate surface area is 109 Å². The molecule has 92 valence electrons. The number of unbranched alkanes of at least 4 members (excludes halogenated alkanes) is 1. The SMILES string of the molecule is C#CCCCC(NCCC)c1ccc(Cl)cn1. The smallest absolute Gasteiger partial charge is 0.0589 e. The maximum absolute atomic E-state index is 5.84. The molecule has 0 aliphatic heterocycles. The summed E-state index contributed by atoms with van der Waals surface area (Å²) in [4.78, 5) is 4.36. The van der Waals surface area contributed by atoms with E-state index in [1.165, 1.54) is 0 Å². The summed E-state index contributed by atoms with van der Waals surface area (Å²) in [6.07, 6.45) is 10.9. The first-order chi connectivity index (χ1) is 8.27. The summed E-state index contributed by atoms with van der Waals surface area (Å²) in [6.45, 7) is 3.14. The van der Waals surface area contributed by atoms with E-state index < -0.39 is 0 Å². The molecule has 1 atom stereocenters. The van der Waals surface area contributed by atoms with Crippen molar-refractivity contribution in [3.8, 4) is 12.3 Å². The summed E-state index contributed by atoms with van der Waals surface area (Å²) in [7, 11) is 0. The van der Waals surface area contributed by atoms with Gasteiger partial charge in [0, 0.05) is 18.7 Å². The molecule has 3 heteroatoms. The Bertz CT molecular complexity index is 353. The predicted octanol–water partition coefficient (Wildman–Crippen LogP) is 3.58. The topological polar surface area (TPSA) is 24.9 Å². The fraction of sp³-hybridized carbons (Fsp3) is 0.500. The van der Waals surface area contributed by atoms with Gasteiger partial charge in [0.1, 0.15) is 0 Å². The quantitative estimate of drug-likeness (QED) is 0.591. The predicted molar refractivity (Wildman–Crippen MR) is 73.0 cm³/mol. The molecular formula is C14H19ClN2. The standard InChI is InChI=1S/C14H19ClN2/c1-3-5-6-7-13(16-10-4-2)14-9-8-12(15)11-17-14/h1,8-9,11,13,16H,4-7,10H2,2H3. The average molecular weight is 251 g/mol. The highest BCUT2D eigenvalue weighted by Gasteiger charge is 2.11. The van der Waals surface area contributed by atoms with Crippen LogP contribution in [0, 0.1) is 12.3 Å². The van der Waals surface area contributed by atoms with Gasteiger partial charge in [0.2, 0.25) is 0 Å². The van der Waals surface area contributed by atoms with Gasteiger partial charge < -0.3 is 5.32 Å². The van der Waals surface area contributed by atoms with E-state index in [4.69, 9.17) is 18.0 Å². The second-order valence-corrected chi connectivity index (χ2v) is 4.44. The fourth-order valence-corrected chi connectivity index (χ4v) is 1.79. The Morgan fingerprint density at radius 2 is 2.35 bits per heavy atom. The van der Waals surface area contributed by atoms with Crippen LogP contribution in [0.25, 0.3) is 0 Å². The Morgan fingerprint density at radius 3 is 2.94 bits per heavy atom. The van der Waals surface area contributed by atoms with Crippen LogP contribution in [0.1, 0.15) is 44.3 Å². The first kappa shape index (κ1) is 14.0. The van der Waals surface area contributed by atoms with E-state index in [9.17, 15) is 0 Å². The van der Waals surface area contributed by atoms with Crippen molar-refractivity contribution in [2.75, 3.05) is 6.54 Å². The summed E-state index contributed by atoms with van der Waals surface area (Å²) in [5.74, 6) is 2.67. The normalized spacial score (nSPS) is 12.1. The largest absolute Gasteiger partial charge is 0.309 e. The lowest BCUT2D eigenvalue weighted by Gasteiger charge is -2.17. The Hall–Kier alpha value is -1.04. The first-order valence-corrected chi connectivity index (χ1v) is 6.44. The minimum atomic E-state index is 0.278. The number of hydrogen-bond acceptors (Lipinski definition) is 2. The lowest BCUT2D eigenvalue weighted by molar-refractivity contribution is 0.478. The van der Waals surface area contributed by atoms with Crippen LogP contribution in [-0.4, -0.2) is 11.5 Å². The summed E-state index contributed by atoms with van der Waals surface area (Å²) in [5, 5.41) is 4.16. The molecule has 1 aromatic heterocycles. The first-order valence-electron chi connectivity index (χ1n) is 6.06. The number of aromatic nitrogens is 1. The van der Waals surface area contributed by atoms with Gasteiger partial charge in [-0.15, -0.1) is 12.3 Å². The van der Waals surface area contributed by atoms with Crippen molar-refractivity contribution >= 4 is 11.6 Å². The highest BCUT2D eigenvalue weighted by atomic mass is 35.5. The summed E-state index contributed by atoms with van der Waals surface area (Å²) >= 11 is 5.84. The zero-order valence-electron chi connectivity index (χ0n) is 10.2. The molecule has 1 heterocycles. The average Bonchev–Trinajstić information content (AvgIpc) is 2.35. The molecule has 0 amide bonds.